The van der Waals surface area contributed by atoms with Gasteiger partial charge in [-0.15, -0.1) is 0 Å². The van der Waals surface area contributed by atoms with Crippen LogP contribution in [0.5, 0.6) is 11.5 Å². The molecular weight excluding hydrogens is 450 g/mol. The Balaban J connectivity index is 1.56. The molecule has 0 spiro atoms. The zero-order valence-electron chi connectivity index (χ0n) is 19.5. The van der Waals surface area contributed by atoms with E-state index in [9.17, 15) is 9.59 Å². The minimum Gasteiger partial charge on any atom is -0.493 e. The van der Waals surface area contributed by atoms with Gasteiger partial charge in [-0.2, -0.15) is 0 Å². The van der Waals surface area contributed by atoms with E-state index in [2.05, 4.69) is 11.4 Å². The minimum absolute atomic E-state index is 0.0959. The minimum atomic E-state index is -0.427. The molecule has 2 aromatic rings. The van der Waals surface area contributed by atoms with Crippen molar-refractivity contribution in [3.05, 3.63) is 80.7 Å². The summed E-state index contributed by atoms with van der Waals surface area (Å²) in [4.78, 5) is 26.1. The smallest absolute Gasteiger partial charge is 0.180 e. The van der Waals surface area contributed by atoms with Gasteiger partial charge in [-0.25, -0.2) is 0 Å². The van der Waals surface area contributed by atoms with Crippen LogP contribution in [0.3, 0.4) is 0 Å². The summed E-state index contributed by atoms with van der Waals surface area (Å²) in [6.07, 6.45) is 4.26. The number of ketones is 2. The second-order valence-electron chi connectivity index (χ2n) is 9.21. The molecule has 1 N–H and O–H groups in total. The van der Waals surface area contributed by atoms with Crippen LogP contribution in [0.1, 0.15) is 61.1 Å². The summed E-state index contributed by atoms with van der Waals surface area (Å²) < 4.78 is 11.7. The molecule has 2 aromatic carbocycles. The summed E-state index contributed by atoms with van der Waals surface area (Å²) in [5.74, 6) is 0.711. The summed E-state index contributed by atoms with van der Waals surface area (Å²) in [6, 6.07) is 11.8. The molecule has 0 saturated carbocycles. The van der Waals surface area contributed by atoms with Gasteiger partial charge in [-0.05, 0) is 55.9 Å². The number of aryl methyl sites for hydroxylation is 1. The van der Waals surface area contributed by atoms with E-state index in [1.54, 1.807) is 7.11 Å². The van der Waals surface area contributed by atoms with Crippen molar-refractivity contribution in [3.8, 4) is 11.5 Å². The number of carbonyl (C=O) groups is 2. The van der Waals surface area contributed by atoms with Crippen molar-refractivity contribution < 1.29 is 19.1 Å². The number of methoxy groups -OCH3 is 1. The average Bonchev–Trinajstić information content (AvgIpc) is 2.82. The van der Waals surface area contributed by atoms with Crippen LogP contribution in [0, 0.1) is 6.92 Å². The van der Waals surface area contributed by atoms with Crippen LogP contribution < -0.4 is 14.8 Å². The summed E-state index contributed by atoms with van der Waals surface area (Å²) in [7, 11) is 1.57. The monoisotopic (exact) mass is 477 g/mol. The Morgan fingerprint density at radius 1 is 0.971 bits per heavy atom. The Bertz CT molecular complexity index is 1200. The number of ether oxygens (including phenoxy) is 2. The van der Waals surface area contributed by atoms with Crippen LogP contribution in [0.15, 0.2) is 58.9 Å². The molecule has 0 bridgehead atoms. The van der Waals surface area contributed by atoms with Gasteiger partial charge in [0, 0.05) is 41.3 Å². The second kappa shape index (κ2) is 9.30. The van der Waals surface area contributed by atoms with Gasteiger partial charge in [0.1, 0.15) is 6.61 Å². The number of rotatable bonds is 5. The highest BCUT2D eigenvalue weighted by atomic mass is 35.5. The molecular formula is C28H28ClNO4. The van der Waals surface area contributed by atoms with Crippen LogP contribution in [0.4, 0.5) is 0 Å². The molecule has 2 aliphatic carbocycles. The number of Topliss-reactive ketones (excluding diaryl/α,β-unsaturated/α-hetero) is 2. The summed E-state index contributed by atoms with van der Waals surface area (Å²) in [5, 5.41) is 3.84. The lowest BCUT2D eigenvalue weighted by Gasteiger charge is -2.37. The molecule has 6 heteroatoms. The first-order chi connectivity index (χ1) is 16.5. The van der Waals surface area contributed by atoms with Crippen LogP contribution in [0.2, 0.25) is 5.02 Å². The van der Waals surface area contributed by atoms with Crippen LogP contribution >= 0.6 is 11.6 Å². The number of hydrogen-bond acceptors (Lipinski definition) is 5. The molecule has 0 atom stereocenters. The molecule has 1 heterocycles. The Hall–Kier alpha value is -3.05. The van der Waals surface area contributed by atoms with E-state index in [4.69, 9.17) is 21.1 Å². The third kappa shape index (κ3) is 4.14. The quantitative estimate of drug-likeness (QED) is 0.577. The molecule has 176 valence electrons. The Kier molecular flexibility index (Phi) is 6.22. The van der Waals surface area contributed by atoms with E-state index in [1.807, 2.05) is 37.3 Å². The molecule has 5 rings (SSSR count). The number of carbonyl (C=O) groups excluding carboxylic acids is 2. The zero-order chi connectivity index (χ0) is 23.8. The van der Waals surface area contributed by atoms with E-state index < -0.39 is 5.92 Å². The Morgan fingerprint density at radius 2 is 1.65 bits per heavy atom. The molecule has 0 fully saturated rings. The van der Waals surface area contributed by atoms with Gasteiger partial charge in [0.05, 0.1) is 12.1 Å². The lowest BCUT2D eigenvalue weighted by Crippen LogP contribution is -2.36. The number of dihydropyridines is 1. The molecule has 0 aromatic heterocycles. The summed E-state index contributed by atoms with van der Waals surface area (Å²) >= 11 is 6.73. The number of hydrogen-bond donors (Lipinski definition) is 1. The van der Waals surface area contributed by atoms with Gasteiger partial charge in [0.25, 0.3) is 0 Å². The van der Waals surface area contributed by atoms with E-state index in [0.717, 1.165) is 53.8 Å². The van der Waals surface area contributed by atoms with Crippen molar-refractivity contribution in [1.82, 2.24) is 5.32 Å². The van der Waals surface area contributed by atoms with Gasteiger partial charge in [0.15, 0.2) is 23.1 Å². The number of halogens is 1. The van der Waals surface area contributed by atoms with Crippen LogP contribution in [0.25, 0.3) is 0 Å². The highest BCUT2D eigenvalue weighted by Crippen LogP contribution is 2.48. The molecule has 34 heavy (non-hydrogen) atoms. The van der Waals surface area contributed by atoms with E-state index in [0.29, 0.717) is 47.1 Å². The average molecular weight is 478 g/mol. The molecule has 3 aliphatic rings. The third-order valence-electron chi connectivity index (χ3n) is 6.84. The SMILES string of the molecule is COc1cc(C2C3=C(CCCC3=O)NC3=C2C(=O)CCC3)cc(Cl)c1OCc1cccc(C)c1. The van der Waals surface area contributed by atoms with Gasteiger partial charge in [0.2, 0.25) is 0 Å². The number of allylic oxidation sites excluding steroid dienone is 4. The first kappa shape index (κ1) is 22.7. The molecule has 1 aliphatic heterocycles. The first-order valence-corrected chi connectivity index (χ1v) is 12.2. The molecule has 5 nitrogen and oxygen atoms in total. The van der Waals surface area contributed by atoms with E-state index >= 15 is 0 Å². The molecule has 0 amide bonds. The van der Waals surface area contributed by atoms with Gasteiger partial charge < -0.3 is 14.8 Å². The maximum absolute atomic E-state index is 13.1. The fourth-order valence-electron chi connectivity index (χ4n) is 5.32. The van der Waals surface area contributed by atoms with Crippen molar-refractivity contribution in [2.45, 2.75) is 58.0 Å². The fourth-order valence-corrected chi connectivity index (χ4v) is 5.59. The van der Waals surface area contributed by atoms with Crippen molar-refractivity contribution in [1.29, 1.82) is 0 Å². The second-order valence-corrected chi connectivity index (χ2v) is 9.61. The third-order valence-corrected chi connectivity index (χ3v) is 7.12. The van der Waals surface area contributed by atoms with Crippen molar-refractivity contribution in [2.24, 2.45) is 0 Å². The highest BCUT2D eigenvalue weighted by molar-refractivity contribution is 6.32. The van der Waals surface area contributed by atoms with Gasteiger partial charge in [-0.3, -0.25) is 9.59 Å². The van der Waals surface area contributed by atoms with Crippen LogP contribution in [-0.2, 0) is 16.2 Å². The maximum atomic E-state index is 13.1. The highest BCUT2D eigenvalue weighted by Gasteiger charge is 2.40. The normalized spacial score (nSPS) is 18.4. The maximum Gasteiger partial charge on any atom is 0.180 e. The van der Waals surface area contributed by atoms with Gasteiger partial charge >= 0.3 is 0 Å². The molecule has 0 saturated heterocycles. The molecule has 0 unspecified atom stereocenters. The summed E-state index contributed by atoms with van der Waals surface area (Å²) in [6.45, 7) is 2.39. The topological polar surface area (TPSA) is 64.6 Å². The standard InChI is InChI=1S/C28H28ClNO4/c1-16-6-3-7-17(12-16)15-34-28-19(29)13-18(14-24(28)33-2)25-26-20(8-4-10-22(26)31)30-21-9-5-11-23(32)27(21)25/h3,6-7,12-14,25,30H,4-5,8-11,15H2,1-2H3. The first-order valence-electron chi connectivity index (χ1n) is 11.8. The number of nitrogens with one attached hydrogen (secondary N) is 1. The number of benzene rings is 2. The van der Waals surface area contributed by atoms with Crippen LogP contribution in [-0.4, -0.2) is 18.7 Å². The van der Waals surface area contributed by atoms with Crippen molar-refractivity contribution in [2.75, 3.05) is 7.11 Å². The van der Waals surface area contributed by atoms with E-state index in [-0.39, 0.29) is 11.6 Å². The van der Waals surface area contributed by atoms with Crippen molar-refractivity contribution >= 4 is 23.2 Å². The van der Waals surface area contributed by atoms with Crippen molar-refractivity contribution in [3.63, 3.8) is 0 Å². The summed E-state index contributed by atoms with van der Waals surface area (Å²) in [5.41, 5.74) is 6.28. The molecule has 0 radical (unpaired) electrons. The predicted molar refractivity (Wildman–Crippen MR) is 131 cm³/mol. The fraction of sp³-hybridized carbons (Fsp3) is 0.357. The van der Waals surface area contributed by atoms with Gasteiger partial charge in [-0.1, -0.05) is 41.4 Å². The zero-order valence-corrected chi connectivity index (χ0v) is 20.3. The lowest BCUT2D eigenvalue weighted by atomic mass is 9.71. The lowest BCUT2D eigenvalue weighted by molar-refractivity contribution is -0.116. The Morgan fingerprint density at radius 3 is 2.26 bits per heavy atom. The predicted octanol–water partition coefficient (Wildman–Crippen LogP) is 5.94. The Labute approximate surface area is 204 Å². The largest absolute Gasteiger partial charge is 0.493 e. The van der Waals surface area contributed by atoms with E-state index in [1.165, 1.54) is 0 Å².